The third kappa shape index (κ3) is 4.03. The summed E-state index contributed by atoms with van der Waals surface area (Å²) < 4.78 is 1.88. The molecular weight excluding hydrogens is 335 g/mol. The number of rotatable bonds is 4. The van der Waals surface area contributed by atoms with Crippen LogP contribution in [0, 0.1) is 0 Å². The minimum Gasteiger partial charge on any atom is -0.343 e. The molecule has 0 bridgehead atoms. The molecule has 3 rings (SSSR count). The molecule has 23 heavy (non-hydrogen) atoms. The molecule has 0 spiro atoms. The lowest BCUT2D eigenvalue weighted by Crippen LogP contribution is -2.39. The van der Waals surface area contributed by atoms with Gasteiger partial charge in [-0.1, -0.05) is 34.5 Å². The standard InChI is InChI=1S/C16H18Cl2N4O/c17-13-3-1-12(15(18)11-13)2-4-16(23)21-8-5-14(6-9-21)22-10-7-19-20-22/h1,3,7,10-11,14H,2,4-6,8-9H2. The van der Waals surface area contributed by atoms with Crippen LogP contribution in [-0.4, -0.2) is 38.9 Å². The first kappa shape index (κ1) is 16.3. The quantitative estimate of drug-likeness (QED) is 0.847. The Kier molecular flexibility index (Phi) is 5.18. The number of carbonyl (C=O) groups excluding carboxylic acids is 1. The highest BCUT2D eigenvalue weighted by Crippen LogP contribution is 2.24. The average Bonchev–Trinajstić information content (AvgIpc) is 3.08. The molecule has 0 saturated carbocycles. The summed E-state index contributed by atoms with van der Waals surface area (Å²) in [6, 6.07) is 5.74. The lowest BCUT2D eigenvalue weighted by atomic mass is 10.0. The van der Waals surface area contributed by atoms with Gasteiger partial charge >= 0.3 is 0 Å². The molecule has 0 aliphatic carbocycles. The number of carbonyl (C=O) groups is 1. The van der Waals surface area contributed by atoms with Crippen molar-refractivity contribution in [2.45, 2.75) is 31.7 Å². The van der Waals surface area contributed by atoms with Gasteiger partial charge in [-0.15, -0.1) is 5.10 Å². The Labute approximate surface area is 145 Å². The molecule has 122 valence electrons. The fraction of sp³-hybridized carbons (Fsp3) is 0.438. The second-order valence-corrected chi connectivity index (χ2v) is 6.57. The van der Waals surface area contributed by atoms with Gasteiger partial charge in [-0.25, -0.2) is 4.68 Å². The van der Waals surface area contributed by atoms with E-state index in [2.05, 4.69) is 10.3 Å². The smallest absolute Gasteiger partial charge is 0.222 e. The fourth-order valence-electron chi connectivity index (χ4n) is 2.92. The first-order valence-corrected chi connectivity index (χ1v) is 8.46. The van der Waals surface area contributed by atoms with Crippen molar-refractivity contribution in [2.24, 2.45) is 0 Å². The van der Waals surface area contributed by atoms with Crippen LogP contribution in [0.4, 0.5) is 0 Å². The number of aromatic nitrogens is 3. The van der Waals surface area contributed by atoms with Crippen molar-refractivity contribution in [1.82, 2.24) is 19.9 Å². The van der Waals surface area contributed by atoms with E-state index >= 15 is 0 Å². The van der Waals surface area contributed by atoms with E-state index < -0.39 is 0 Å². The molecule has 7 heteroatoms. The zero-order valence-electron chi connectivity index (χ0n) is 12.7. The van der Waals surface area contributed by atoms with Gasteiger partial charge in [0.2, 0.25) is 5.91 Å². The molecule has 2 heterocycles. The van der Waals surface area contributed by atoms with Crippen LogP contribution >= 0.6 is 23.2 Å². The highest BCUT2D eigenvalue weighted by atomic mass is 35.5. The lowest BCUT2D eigenvalue weighted by Gasteiger charge is -2.32. The number of amides is 1. The van der Waals surface area contributed by atoms with Crippen LogP contribution in [0.5, 0.6) is 0 Å². The summed E-state index contributed by atoms with van der Waals surface area (Å²) in [4.78, 5) is 14.3. The molecule has 2 aromatic rings. The number of hydrogen-bond donors (Lipinski definition) is 0. The van der Waals surface area contributed by atoms with Gasteiger partial charge in [0.05, 0.1) is 12.2 Å². The molecule has 1 aliphatic rings. The average molecular weight is 353 g/mol. The van der Waals surface area contributed by atoms with Crippen molar-refractivity contribution in [3.8, 4) is 0 Å². The predicted molar refractivity (Wildman–Crippen MR) is 89.7 cm³/mol. The van der Waals surface area contributed by atoms with Crippen LogP contribution in [0.1, 0.15) is 30.9 Å². The monoisotopic (exact) mass is 352 g/mol. The van der Waals surface area contributed by atoms with Crippen molar-refractivity contribution in [1.29, 1.82) is 0 Å². The van der Waals surface area contributed by atoms with E-state index in [9.17, 15) is 4.79 Å². The maximum Gasteiger partial charge on any atom is 0.222 e. The molecule has 1 fully saturated rings. The third-order valence-electron chi connectivity index (χ3n) is 4.26. The zero-order valence-corrected chi connectivity index (χ0v) is 14.2. The van der Waals surface area contributed by atoms with Gasteiger partial charge in [0.15, 0.2) is 0 Å². The summed E-state index contributed by atoms with van der Waals surface area (Å²) in [7, 11) is 0. The van der Waals surface area contributed by atoms with Crippen LogP contribution in [0.15, 0.2) is 30.6 Å². The number of aryl methyl sites for hydroxylation is 1. The van der Waals surface area contributed by atoms with E-state index in [1.165, 1.54) is 0 Å². The summed E-state index contributed by atoms with van der Waals surface area (Å²) >= 11 is 12.0. The SMILES string of the molecule is O=C(CCc1ccc(Cl)cc1Cl)N1CCC(n2ccnn2)CC1. The summed E-state index contributed by atoms with van der Waals surface area (Å²) in [5.41, 5.74) is 0.960. The molecule has 0 atom stereocenters. The number of likely N-dealkylation sites (tertiary alicyclic amines) is 1. The second-order valence-electron chi connectivity index (χ2n) is 5.73. The Morgan fingerprint density at radius 3 is 2.70 bits per heavy atom. The van der Waals surface area contributed by atoms with Crippen LogP contribution in [0.2, 0.25) is 10.0 Å². The van der Waals surface area contributed by atoms with E-state index in [1.807, 2.05) is 21.8 Å². The summed E-state index contributed by atoms with van der Waals surface area (Å²) in [6.45, 7) is 1.52. The van der Waals surface area contributed by atoms with Gasteiger partial charge in [0.1, 0.15) is 0 Å². The van der Waals surface area contributed by atoms with Gasteiger partial charge in [-0.3, -0.25) is 4.79 Å². The Hall–Kier alpha value is -1.59. The van der Waals surface area contributed by atoms with Crippen molar-refractivity contribution in [3.63, 3.8) is 0 Å². The highest BCUT2D eigenvalue weighted by molar-refractivity contribution is 6.35. The zero-order chi connectivity index (χ0) is 16.2. The van der Waals surface area contributed by atoms with Gasteiger partial charge < -0.3 is 4.90 Å². The Balaban J connectivity index is 1.50. The summed E-state index contributed by atoms with van der Waals surface area (Å²) in [5.74, 6) is 0.174. The largest absolute Gasteiger partial charge is 0.343 e. The number of hydrogen-bond acceptors (Lipinski definition) is 3. The van der Waals surface area contributed by atoms with Gasteiger partial charge in [0, 0.05) is 35.8 Å². The van der Waals surface area contributed by atoms with Crippen LogP contribution in [0.25, 0.3) is 0 Å². The Morgan fingerprint density at radius 2 is 2.04 bits per heavy atom. The van der Waals surface area contributed by atoms with Gasteiger partial charge in [-0.2, -0.15) is 0 Å². The number of nitrogens with zero attached hydrogens (tertiary/aromatic N) is 4. The number of piperidine rings is 1. The lowest BCUT2D eigenvalue weighted by molar-refractivity contribution is -0.132. The van der Waals surface area contributed by atoms with Crippen molar-refractivity contribution < 1.29 is 4.79 Å². The minimum atomic E-state index is 0.174. The van der Waals surface area contributed by atoms with Crippen molar-refractivity contribution in [2.75, 3.05) is 13.1 Å². The van der Waals surface area contributed by atoms with Crippen LogP contribution in [-0.2, 0) is 11.2 Å². The predicted octanol–water partition coefficient (Wildman–Crippen LogP) is 3.38. The molecule has 5 nitrogen and oxygen atoms in total. The molecule has 1 aromatic carbocycles. The normalized spacial score (nSPS) is 15.8. The van der Waals surface area contributed by atoms with Gasteiger partial charge in [-0.05, 0) is 37.0 Å². The van der Waals surface area contributed by atoms with Crippen molar-refractivity contribution in [3.05, 3.63) is 46.2 Å². The first-order valence-electron chi connectivity index (χ1n) is 7.71. The fourth-order valence-corrected chi connectivity index (χ4v) is 3.42. The Bertz CT molecular complexity index is 667. The van der Waals surface area contributed by atoms with Crippen molar-refractivity contribution >= 4 is 29.1 Å². The maximum absolute atomic E-state index is 12.4. The highest BCUT2D eigenvalue weighted by Gasteiger charge is 2.24. The first-order chi connectivity index (χ1) is 11.1. The molecule has 0 unspecified atom stereocenters. The van der Waals surface area contributed by atoms with E-state index in [0.29, 0.717) is 28.9 Å². The van der Waals surface area contributed by atoms with Crippen LogP contribution in [0.3, 0.4) is 0 Å². The summed E-state index contributed by atoms with van der Waals surface area (Å²) in [6.07, 6.45) is 6.50. The second kappa shape index (κ2) is 7.32. The minimum absolute atomic E-state index is 0.174. The van der Waals surface area contributed by atoms with E-state index in [-0.39, 0.29) is 5.91 Å². The molecule has 1 aromatic heterocycles. The van der Waals surface area contributed by atoms with Gasteiger partial charge in [0.25, 0.3) is 0 Å². The maximum atomic E-state index is 12.4. The molecule has 0 radical (unpaired) electrons. The Morgan fingerprint density at radius 1 is 1.26 bits per heavy atom. The molecule has 1 amide bonds. The van der Waals surface area contributed by atoms with E-state index in [0.717, 1.165) is 31.5 Å². The number of halogens is 2. The number of benzene rings is 1. The van der Waals surface area contributed by atoms with E-state index in [4.69, 9.17) is 23.2 Å². The molecule has 1 saturated heterocycles. The summed E-state index contributed by atoms with van der Waals surface area (Å²) in [5, 5.41) is 9.11. The topological polar surface area (TPSA) is 51.0 Å². The van der Waals surface area contributed by atoms with E-state index in [1.54, 1.807) is 18.3 Å². The van der Waals surface area contributed by atoms with Crippen LogP contribution < -0.4 is 0 Å². The molecule has 1 aliphatic heterocycles. The third-order valence-corrected chi connectivity index (χ3v) is 4.84. The molecule has 0 N–H and O–H groups in total. The molecular formula is C16H18Cl2N4O.